The number of amides is 2. The van der Waals surface area contributed by atoms with Crippen molar-refractivity contribution in [2.75, 3.05) is 18.4 Å². The van der Waals surface area contributed by atoms with Crippen molar-refractivity contribution in [3.05, 3.63) is 47.0 Å². The predicted octanol–water partition coefficient (Wildman–Crippen LogP) is 5.72. The average molecular weight is 566 g/mol. The third-order valence-electron chi connectivity index (χ3n) is 6.73. The summed E-state index contributed by atoms with van der Waals surface area (Å²) in [5, 5.41) is 20.5. The van der Waals surface area contributed by atoms with E-state index in [4.69, 9.17) is 21.1 Å². The first kappa shape index (κ1) is 28.9. The highest BCUT2D eigenvalue weighted by atomic mass is 35.5. The molecule has 1 aromatic heterocycles. The Labute approximate surface area is 237 Å². The number of carbonyl (C=O) groups is 3. The van der Waals surface area contributed by atoms with Crippen LogP contribution < -0.4 is 5.32 Å². The van der Waals surface area contributed by atoms with E-state index in [-0.39, 0.29) is 24.3 Å². The van der Waals surface area contributed by atoms with Gasteiger partial charge < -0.3 is 19.7 Å². The Kier molecular flexibility index (Phi) is 8.95. The van der Waals surface area contributed by atoms with E-state index in [0.717, 1.165) is 11.1 Å². The Bertz CT molecular complexity index is 1460. The van der Waals surface area contributed by atoms with Gasteiger partial charge in [0.15, 0.2) is 5.82 Å². The number of aromatic nitrogens is 2. The van der Waals surface area contributed by atoms with Crippen LogP contribution in [0.15, 0.2) is 36.4 Å². The molecule has 1 aliphatic rings. The van der Waals surface area contributed by atoms with E-state index in [1.807, 2.05) is 18.2 Å². The maximum absolute atomic E-state index is 13.3. The molecule has 1 aliphatic heterocycles. The summed E-state index contributed by atoms with van der Waals surface area (Å²) < 4.78 is 10.9. The first-order valence-corrected chi connectivity index (χ1v) is 13.6. The van der Waals surface area contributed by atoms with Crippen LogP contribution in [0.4, 0.5) is 10.6 Å². The first-order chi connectivity index (χ1) is 19.1. The van der Waals surface area contributed by atoms with Gasteiger partial charge in [-0.15, -0.1) is 0 Å². The monoisotopic (exact) mass is 565 g/mol. The predicted molar refractivity (Wildman–Crippen MR) is 150 cm³/mol. The molecule has 1 unspecified atom stereocenters. The quantitative estimate of drug-likeness (QED) is 0.276. The number of hydrogen-bond donors (Lipinski definition) is 2. The number of ether oxygens (including phenoxy) is 2. The van der Waals surface area contributed by atoms with Gasteiger partial charge in [-0.05, 0) is 48.7 Å². The van der Waals surface area contributed by atoms with Crippen molar-refractivity contribution in [1.82, 2.24) is 15.1 Å². The Balaban J connectivity index is 1.46. The summed E-state index contributed by atoms with van der Waals surface area (Å²) in [6, 6.07) is 12.7. The van der Waals surface area contributed by atoms with E-state index in [0.29, 0.717) is 46.7 Å². The van der Waals surface area contributed by atoms with Gasteiger partial charge in [0.25, 0.3) is 6.29 Å². The van der Waals surface area contributed by atoms with Crippen molar-refractivity contribution in [1.29, 1.82) is 5.26 Å². The van der Waals surface area contributed by atoms with Gasteiger partial charge in [0, 0.05) is 35.0 Å². The number of esters is 1. The number of nitriles is 1. The van der Waals surface area contributed by atoms with Crippen LogP contribution in [-0.4, -0.2) is 52.4 Å². The van der Waals surface area contributed by atoms with Crippen LogP contribution in [0, 0.1) is 29.1 Å². The second-order valence-electron chi connectivity index (χ2n) is 10.5. The molecule has 3 aromatic rings. The lowest BCUT2D eigenvalue weighted by atomic mass is 9.97. The van der Waals surface area contributed by atoms with E-state index in [1.54, 1.807) is 45.9 Å². The number of rotatable bonds is 7. The van der Waals surface area contributed by atoms with Gasteiger partial charge >= 0.3 is 12.1 Å². The summed E-state index contributed by atoms with van der Waals surface area (Å²) in [4.78, 5) is 39.7. The largest absolute Gasteiger partial charge is 0.425 e. The van der Waals surface area contributed by atoms with E-state index in [9.17, 15) is 19.6 Å². The van der Waals surface area contributed by atoms with E-state index < -0.39 is 24.3 Å². The fourth-order valence-corrected chi connectivity index (χ4v) is 4.62. The lowest BCUT2D eigenvalue weighted by Crippen LogP contribution is -2.46. The molecule has 0 saturated carbocycles. The number of piperidine rings is 1. The standard InChI is InChI=1S/C29H32ClN5O5/c1-16(2)27(37)39-28(17(3)4)40-29(38)35-11-5-6-20(15-35)26(36)32-25-22-13-19(8-10-24(22)33-34-25)21-12-18(14-31)7-9-23(21)30/h7-10,12-13,16-17,20,28H,5-6,11,15H2,1-4H3,(H2,32,33,34,36)/t20-,28?/m1/s1. The van der Waals surface area contributed by atoms with Crippen molar-refractivity contribution in [3.8, 4) is 17.2 Å². The van der Waals surface area contributed by atoms with Gasteiger partial charge in [0.05, 0.1) is 29.0 Å². The molecule has 2 atom stereocenters. The number of aromatic amines is 1. The molecule has 2 N–H and O–H groups in total. The molecule has 0 spiro atoms. The maximum atomic E-state index is 13.3. The minimum absolute atomic E-state index is 0.164. The summed E-state index contributed by atoms with van der Waals surface area (Å²) >= 11 is 6.40. The van der Waals surface area contributed by atoms with Gasteiger partial charge in [0.2, 0.25) is 5.91 Å². The molecule has 4 rings (SSSR count). The van der Waals surface area contributed by atoms with Crippen LogP contribution in [-0.2, 0) is 19.1 Å². The summed E-state index contributed by atoms with van der Waals surface area (Å²) in [6.07, 6.45) is -0.428. The second kappa shape index (κ2) is 12.4. The number of carbonyl (C=O) groups excluding carboxylic acids is 3. The van der Waals surface area contributed by atoms with Crippen LogP contribution in [0.5, 0.6) is 0 Å². The number of H-pyrrole nitrogens is 1. The van der Waals surface area contributed by atoms with Crippen molar-refractivity contribution in [2.24, 2.45) is 17.8 Å². The Morgan fingerprint density at radius 1 is 1.15 bits per heavy atom. The van der Waals surface area contributed by atoms with Gasteiger partial charge in [-0.25, -0.2) is 4.79 Å². The summed E-state index contributed by atoms with van der Waals surface area (Å²) in [5.74, 6) is -1.42. The summed E-state index contributed by atoms with van der Waals surface area (Å²) in [7, 11) is 0. The summed E-state index contributed by atoms with van der Waals surface area (Å²) in [6.45, 7) is 7.61. The summed E-state index contributed by atoms with van der Waals surface area (Å²) in [5.41, 5.74) is 2.67. The third-order valence-corrected chi connectivity index (χ3v) is 7.06. The van der Waals surface area contributed by atoms with E-state index >= 15 is 0 Å². The number of nitrogens with zero attached hydrogens (tertiary/aromatic N) is 3. The Morgan fingerprint density at radius 3 is 2.62 bits per heavy atom. The van der Waals surface area contributed by atoms with Crippen LogP contribution in [0.1, 0.15) is 46.1 Å². The van der Waals surface area contributed by atoms with E-state index in [2.05, 4.69) is 21.6 Å². The van der Waals surface area contributed by atoms with Crippen LogP contribution >= 0.6 is 11.6 Å². The smallest absolute Gasteiger partial charge is 0.412 e. The highest BCUT2D eigenvalue weighted by Gasteiger charge is 2.32. The first-order valence-electron chi connectivity index (χ1n) is 13.2. The molecule has 1 saturated heterocycles. The fraction of sp³-hybridized carbons (Fsp3) is 0.414. The molecular formula is C29H32ClN5O5. The number of fused-ring (bicyclic) bond motifs is 1. The van der Waals surface area contributed by atoms with Gasteiger partial charge in [-0.3, -0.25) is 14.7 Å². The van der Waals surface area contributed by atoms with Crippen LogP contribution in [0.3, 0.4) is 0 Å². The number of nitrogens with one attached hydrogen (secondary N) is 2. The number of likely N-dealkylation sites (tertiary alicyclic amines) is 1. The van der Waals surface area contributed by atoms with Gasteiger partial charge in [-0.2, -0.15) is 10.4 Å². The fourth-order valence-electron chi connectivity index (χ4n) is 4.39. The van der Waals surface area contributed by atoms with E-state index in [1.165, 1.54) is 4.90 Å². The van der Waals surface area contributed by atoms with Crippen LogP contribution in [0.25, 0.3) is 22.0 Å². The average Bonchev–Trinajstić information content (AvgIpc) is 3.34. The SMILES string of the molecule is CC(C)C(=O)OC(OC(=O)N1CCC[C@@H](C(=O)Nc2n[nH]c3ccc(-c4cc(C#N)ccc4Cl)cc23)C1)C(C)C. The molecule has 1 fully saturated rings. The lowest BCUT2D eigenvalue weighted by molar-refractivity contribution is -0.180. The maximum Gasteiger partial charge on any atom is 0.412 e. The third kappa shape index (κ3) is 6.54. The molecule has 11 heteroatoms. The molecule has 10 nitrogen and oxygen atoms in total. The normalized spacial score (nSPS) is 16.1. The Morgan fingerprint density at radius 2 is 1.93 bits per heavy atom. The molecule has 2 amide bonds. The molecule has 0 aliphatic carbocycles. The van der Waals surface area contributed by atoms with Crippen molar-refractivity contribution >= 4 is 46.3 Å². The number of hydrogen-bond acceptors (Lipinski definition) is 7. The van der Waals surface area contributed by atoms with Crippen molar-refractivity contribution < 1.29 is 23.9 Å². The lowest BCUT2D eigenvalue weighted by Gasteiger charge is -2.33. The molecule has 0 radical (unpaired) electrons. The number of halogens is 1. The zero-order valence-corrected chi connectivity index (χ0v) is 23.6. The van der Waals surface area contributed by atoms with Crippen molar-refractivity contribution in [3.63, 3.8) is 0 Å². The number of benzene rings is 2. The second-order valence-corrected chi connectivity index (χ2v) is 10.9. The van der Waals surface area contributed by atoms with Crippen molar-refractivity contribution in [2.45, 2.75) is 46.8 Å². The number of anilines is 1. The molecular weight excluding hydrogens is 534 g/mol. The zero-order valence-electron chi connectivity index (χ0n) is 22.9. The van der Waals surface area contributed by atoms with Gasteiger partial charge in [0.1, 0.15) is 0 Å². The minimum atomic E-state index is -1.01. The van der Waals surface area contributed by atoms with Gasteiger partial charge in [-0.1, -0.05) is 45.4 Å². The van der Waals surface area contributed by atoms with Crippen LogP contribution in [0.2, 0.25) is 5.02 Å². The molecule has 0 bridgehead atoms. The molecule has 40 heavy (non-hydrogen) atoms. The molecule has 210 valence electrons. The minimum Gasteiger partial charge on any atom is -0.425 e. The Hall–Kier alpha value is -4.10. The zero-order chi connectivity index (χ0) is 29.0. The molecule has 2 heterocycles. The highest BCUT2D eigenvalue weighted by Crippen LogP contribution is 2.33. The topological polar surface area (TPSA) is 137 Å². The highest BCUT2D eigenvalue weighted by molar-refractivity contribution is 6.33. The molecule has 2 aromatic carbocycles.